The number of amidine groups is 1. The van der Waals surface area contributed by atoms with Crippen LogP contribution < -0.4 is 5.32 Å². The molecule has 102 valence electrons. The molecule has 0 fully saturated rings. The molecule has 0 aliphatic heterocycles. The molecule has 2 rings (SSSR count). The highest BCUT2D eigenvalue weighted by atomic mass is 35.5. The van der Waals surface area contributed by atoms with Gasteiger partial charge in [-0.3, -0.25) is 9.88 Å². The van der Waals surface area contributed by atoms with E-state index in [4.69, 9.17) is 28.5 Å². The molecule has 1 heterocycles. The number of rotatable bonds is 2. The molecule has 8 heteroatoms. The van der Waals surface area contributed by atoms with Gasteiger partial charge in [-0.05, 0) is 30.5 Å². The molecule has 0 radical (unpaired) electrons. The number of hydrogen-bond acceptors (Lipinski definition) is 4. The molecule has 1 aromatic carbocycles. The van der Waals surface area contributed by atoms with Gasteiger partial charge < -0.3 is 0 Å². The summed E-state index contributed by atoms with van der Waals surface area (Å²) in [7, 11) is 0. The van der Waals surface area contributed by atoms with Crippen molar-refractivity contribution in [2.45, 2.75) is 0 Å². The molecule has 0 saturated heterocycles. The lowest BCUT2D eigenvalue weighted by atomic mass is 10.3. The average Bonchev–Trinajstić information content (AvgIpc) is 2.79. The minimum atomic E-state index is 0.261. The number of hydrogen-bond donors (Lipinski definition) is 1. The molecule has 0 saturated carbocycles. The summed E-state index contributed by atoms with van der Waals surface area (Å²) in [6.07, 6.45) is 5.23. The normalized spacial score (nSPS) is 11.2. The van der Waals surface area contributed by atoms with Crippen LogP contribution in [0.3, 0.4) is 0 Å². The number of aromatic nitrogens is 2. The summed E-state index contributed by atoms with van der Waals surface area (Å²) in [4.78, 5) is 8.21. The second-order valence-electron chi connectivity index (χ2n) is 3.57. The highest BCUT2D eigenvalue weighted by molar-refractivity contribution is 8.13. The van der Waals surface area contributed by atoms with E-state index in [2.05, 4.69) is 15.3 Å². The van der Waals surface area contributed by atoms with Crippen LogP contribution in [0.15, 0.2) is 35.6 Å². The molecular formula is C12H9Cl2N5S. The summed E-state index contributed by atoms with van der Waals surface area (Å²) in [5.74, 6) is 0. The second kappa shape index (κ2) is 6.66. The third kappa shape index (κ3) is 3.25. The molecule has 0 amide bonds. The van der Waals surface area contributed by atoms with Crippen molar-refractivity contribution in [1.82, 2.24) is 14.9 Å². The molecule has 0 unspecified atom stereocenters. The molecule has 5 nitrogen and oxygen atoms in total. The molecule has 20 heavy (non-hydrogen) atoms. The van der Waals surface area contributed by atoms with Gasteiger partial charge in [0.1, 0.15) is 6.33 Å². The molecule has 0 aliphatic carbocycles. The summed E-state index contributed by atoms with van der Waals surface area (Å²) in [5, 5.41) is 12.2. The van der Waals surface area contributed by atoms with Gasteiger partial charge >= 0.3 is 0 Å². The van der Waals surface area contributed by atoms with Crippen LogP contribution in [-0.2, 0) is 0 Å². The third-order valence-corrected chi connectivity index (χ3v) is 3.70. The van der Waals surface area contributed by atoms with Gasteiger partial charge in [0, 0.05) is 5.69 Å². The van der Waals surface area contributed by atoms with Gasteiger partial charge in [-0.25, -0.2) is 9.98 Å². The topological polar surface area (TPSA) is 66.0 Å². The molecule has 2 aromatic rings. The number of aliphatic imine (C=N–C) groups is 1. The molecular weight excluding hydrogens is 317 g/mol. The molecule has 0 atom stereocenters. The maximum absolute atomic E-state index is 8.58. The van der Waals surface area contributed by atoms with E-state index in [1.807, 2.05) is 36.7 Å². The Balaban J connectivity index is 2.27. The Labute approximate surface area is 130 Å². The summed E-state index contributed by atoms with van der Waals surface area (Å²) in [6, 6.07) is 7.31. The minimum absolute atomic E-state index is 0.261. The first-order valence-electron chi connectivity index (χ1n) is 5.42. The van der Waals surface area contributed by atoms with Crippen molar-refractivity contribution < 1.29 is 0 Å². The van der Waals surface area contributed by atoms with Gasteiger partial charge in [0.05, 0.1) is 5.69 Å². The zero-order chi connectivity index (χ0) is 14.5. The lowest BCUT2D eigenvalue weighted by molar-refractivity contribution is 1.06. The molecule has 0 spiro atoms. The Morgan fingerprint density at radius 1 is 1.40 bits per heavy atom. The van der Waals surface area contributed by atoms with Crippen molar-refractivity contribution in [3.05, 3.63) is 40.9 Å². The number of thioether (sulfide) groups is 1. The molecule has 1 N–H and O–H groups in total. The summed E-state index contributed by atoms with van der Waals surface area (Å²) in [6.45, 7) is 0. The third-order valence-electron chi connectivity index (χ3n) is 2.38. The summed E-state index contributed by atoms with van der Waals surface area (Å²) in [5.41, 5.74) is 1.55. The zero-order valence-electron chi connectivity index (χ0n) is 10.3. The van der Waals surface area contributed by atoms with E-state index in [1.54, 1.807) is 10.9 Å². The lowest BCUT2D eigenvalue weighted by Gasteiger charge is -2.04. The van der Waals surface area contributed by atoms with Crippen LogP contribution in [0.4, 0.5) is 5.69 Å². The SMILES string of the molecule is CSC(=Nc1ccc(-n2cnc(Cl)c2Cl)cc1)NC#N. The Hall–Kier alpha value is -1.68. The second-order valence-corrected chi connectivity index (χ2v) is 5.08. The van der Waals surface area contributed by atoms with E-state index < -0.39 is 0 Å². The Bertz CT molecular complexity index is 672. The average molecular weight is 326 g/mol. The molecule has 0 bridgehead atoms. The van der Waals surface area contributed by atoms with Gasteiger partial charge in [-0.1, -0.05) is 35.0 Å². The number of nitrogens with one attached hydrogen (secondary N) is 1. The van der Waals surface area contributed by atoms with Crippen LogP contribution in [0.25, 0.3) is 5.69 Å². The maximum Gasteiger partial charge on any atom is 0.183 e. The minimum Gasteiger partial charge on any atom is -0.288 e. The number of nitriles is 1. The predicted molar refractivity (Wildman–Crippen MR) is 82.9 cm³/mol. The van der Waals surface area contributed by atoms with Crippen molar-refractivity contribution in [2.75, 3.05) is 6.26 Å². The van der Waals surface area contributed by atoms with Gasteiger partial charge in [0.15, 0.2) is 21.7 Å². The number of imidazole rings is 1. The van der Waals surface area contributed by atoms with Gasteiger partial charge in [-0.15, -0.1) is 0 Å². The maximum atomic E-state index is 8.58. The van der Waals surface area contributed by atoms with Crippen LogP contribution in [0.2, 0.25) is 10.3 Å². The van der Waals surface area contributed by atoms with Gasteiger partial charge in [-0.2, -0.15) is 5.26 Å². The van der Waals surface area contributed by atoms with Gasteiger partial charge in [0.25, 0.3) is 0 Å². The highest BCUT2D eigenvalue weighted by Gasteiger charge is 2.07. The number of nitrogens with zero attached hydrogens (tertiary/aromatic N) is 4. The van der Waals surface area contributed by atoms with Crippen LogP contribution >= 0.6 is 35.0 Å². The van der Waals surface area contributed by atoms with E-state index in [1.165, 1.54) is 11.8 Å². The number of benzene rings is 1. The van der Waals surface area contributed by atoms with Crippen LogP contribution in [0, 0.1) is 11.5 Å². The van der Waals surface area contributed by atoms with E-state index in [0.717, 1.165) is 11.4 Å². The predicted octanol–water partition coefficient (Wildman–Crippen LogP) is 3.60. The monoisotopic (exact) mass is 325 g/mol. The first-order chi connectivity index (χ1) is 9.65. The van der Waals surface area contributed by atoms with Crippen molar-refractivity contribution in [3.8, 4) is 11.9 Å². The van der Waals surface area contributed by atoms with E-state index in [0.29, 0.717) is 10.3 Å². The van der Waals surface area contributed by atoms with Crippen LogP contribution in [-0.4, -0.2) is 21.0 Å². The fourth-order valence-corrected chi connectivity index (χ4v) is 2.14. The van der Waals surface area contributed by atoms with Crippen molar-refractivity contribution in [3.63, 3.8) is 0 Å². The fourth-order valence-electron chi connectivity index (χ4n) is 1.47. The first-order valence-corrected chi connectivity index (χ1v) is 7.40. The van der Waals surface area contributed by atoms with Crippen LogP contribution in [0.1, 0.15) is 0 Å². The van der Waals surface area contributed by atoms with E-state index in [-0.39, 0.29) is 5.15 Å². The molecule has 1 aromatic heterocycles. The van der Waals surface area contributed by atoms with E-state index >= 15 is 0 Å². The summed E-state index contributed by atoms with van der Waals surface area (Å²) < 4.78 is 1.67. The largest absolute Gasteiger partial charge is 0.288 e. The molecule has 0 aliphatic rings. The van der Waals surface area contributed by atoms with E-state index in [9.17, 15) is 0 Å². The van der Waals surface area contributed by atoms with Crippen molar-refractivity contribution >= 4 is 45.8 Å². The number of halogens is 2. The quantitative estimate of drug-likeness (QED) is 0.396. The zero-order valence-corrected chi connectivity index (χ0v) is 12.7. The Morgan fingerprint density at radius 2 is 2.10 bits per heavy atom. The lowest BCUT2D eigenvalue weighted by Crippen LogP contribution is -2.12. The Kier molecular flexibility index (Phi) is 4.90. The fraction of sp³-hybridized carbons (Fsp3) is 0.0833. The summed E-state index contributed by atoms with van der Waals surface area (Å²) >= 11 is 13.2. The van der Waals surface area contributed by atoms with Crippen LogP contribution in [0.5, 0.6) is 0 Å². The Morgan fingerprint density at radius 3 is 2.60 bits per heavy atom. The smallest absolute Gasteiger partial charge is 0.183 e. The standard InChI is InChI=1S/C12H9Cl2N5S/c1-20-12(16-6-15)18-8-2-4-9(5-3-8)19-7-17-10(13)11(19)14/h2-5,7H,1H3,(H,16,18). The van der Waals surface area contributed by atoms with Crippen molar-refractivity contribution in [1.29, 1.82) is 5.26 Å². The first kappa shape index (κ1) is 14.7. The highest BCUT2D eigenvalue weighted by Crippen LogP contribution is 2.25. The van der Waals surface area contributed by atoms with Gasteiger partial charge in [0.2, 0.25) is 0 Å². The van der Waals surface area contributed by atoms with Crippen molar-refractivity contribution in [2.24, 2.45) is 4.99 Å².